The fourth-order valence-corrected chi connectivity index (χ4v) is 1.81. The molecule has 0 saturated heterocycles. The van der Waals surface area contributed by atoms with E-state index < -0.39 is 6.03 Å². The van der Waals surface area contributed by atoms with Gasteiger partial charge in [-0.3, -0.25) is 5.43 Å². The molecule has 86 valence electrons. The molecule has 0 aromatic carbocycles. The zero-order valence-corrected chi connectivity index (χ0v) is 10.8. The van der Waals surface area contributed by atoms with Crippen molar-refractivity contribution in [2.24, 2.45) is 11.7 Å². The molecule has 1 saturated carbocycles. The number of amides is 2. The molecule has 1 aromatic rings. The zero-order valence-electron chi connectivity index (χ0n) is 8.69. The quantitative estimate of drug-likeness (QED) is 0.652. The fraction of sp³-hybridized carbons (Fsp3) is 0.400. The lowest BCUT2D eigenvalue weighted by atomic mass is 10.4. The van der Waals surface area contributed by atoms with E-state index in [1.165, 1.54) is 17.9 Å². The van der Waals surface area contributed by atoms with Crippen LogP contribution >= 0.6 is 22.6 Å². The summed E-state index contributed by atoms with van der Waals surface area (Å²) < 4.78 is 0.960. The molecule has 1 aliphatic rings. The number of nitrogens with zero attached hydrogens (tertiary/aromatic N) is 2. The van der Waals surface area contributed by atoms with Crippen LogP contribution < -0.4 is 11.2 Å². The van der Waals surface area contributed by atoms with Crippen LogP contribution in [0.5, 0.6) is 0 Å². The van der Waals surface area contributed by atoms with Crippen LogP contribution in [-0.2, 0) is 0 Å². The van der Waals surface area contributed by atoms with Crippen molar-refractivity contribution in [2.45, 2.75) is 12.8 Å². The van der Waals surface area contributed by atoms with E-state index >= 15 is 0 Å². The number of carbonyl (C=O) groups excluding carboxylic acids is 1. The van der Waals surface area contributed by atoms with Gasteiger partial charge in [0.05, 0.1) is 3.57 Å². The monoisotopic (exact) mass is 332 g/mol. The number of hydrazine groups is 1. The van der Waals surface area contributed by atoms with Crippen molar-refractivity contribution in [2.75, 3.05) is 12.0 Å². The molecule has 3 N–H and O–H groups in total. The second-order valence-corrected chi connectivity index (χ2v) is 5.00. The van der Waals surface area contributed by atoms with Crippen LogP contribution in [0.25, 0.3) is 0 Å². The maximum absolute atomic E-state index is 11.2. The Balaban J connectivity index is 2.04. The van der Waals surface area contributed by atoms with Gasteiger partial charge in [-0.25, -0.2) is 14.8 Å². The Morgan fingerprint density at radius 3 is 3.00 bits per heavy atom. The summed E-state index contributed by atoms with van der Waals surface area (Å²) in [4.78, 5) is 15.4. The van der Waals surface area contributed by atoms with Gasteiger partial charge in [-0.1, -0.05) is 0 Å². The third kappa shape index (κ3) is 2.97. The maximum Gasteiger partial charge on any atom is 0.333 e. The van der Waals surface area contributed by atoms with Gasteiger partial charge in [-0.2, -0.15) is 0 Å². The molecule has 1 aliphatic carbocycles. The van der Waals surface area contributed by atoms with E-state index in [2.05, 4.69) is 33.0 Å². The molecule has 1 aromatic heterocycles. The number of hydrogen-bond donors (Lipinski definition) is 2. The molecule has 0 bridgehead atoms. The first kappa shape index (κ1) is 11.4. The zero-order chi connectivity index (χ0) is 11.5. The second kappa shape index (κ2) is 4.86. The SMILES string of the molecule is NC(=O)N(CC1CC1)Nc1ncccc1I. The van der Waals surface area contributed by atoms with E-state index in [-0.39, 0.29) is 0 Å². The first-order valence-corrected chi connectivity index (χ1v) is 6.19. The summed E-state index contributed by atoms with van der Waals surface area (Å²) in [5.41, 5.74) is 8.26. The van der Waals surface area contributed by atoms with E-state index in [9.17, 15) is 4.79 Å². The number of nitrogens with one attached hydrogen (secondary N) is 1. The number of hydrogen-bond acceptors (Lipinski definition) is 3. The number of pyridine rings is 1. The second-order valence-electron chi connectivity index (χ2n) is 3.84. The summed E-state index contributed by atoms with van der Waals surface area (Å²) in [6, 6.07) is 3.31. The molecule has 0 atom stereocenters. The van der Waals surface area contributed by atoms with Crippen molar-refractivity contribution in [3.8, 4) is 0 Å². The van der Waals surface area contributed by atoms with Gasteiger partial charge >= 0.3 is 6.03 Å². The number of primary amides is 1. The highest BCUT2D eigenvalue weighted by Gasteiger charge is 2.26. The average Bonchev–Trinajstić information content (AvgIpc) is 3.04. The number of urea groups is 1. The fourth-order valence-electron chi connectivity index (χ4n) is 1.35. The molecular weight excluding hydrogens is 319 g/mol. The van der Waals surface area contributed by atoms with Crippen molar-refractivity contribution in [1.29, 1.82) is 0 Å². The number of aromatic nitrogens is 1. The lowest BCUT2D eigenvalue weighted by Gasteiger charge is -2.21. The molecule has 16 heavy (non-hydrogen) atoms. The Hall–Kier alpha value is -1.05. The minimum Gasteiger partial charge on any atom is -0.350 e. The molecule has 0 unspecified atom stereocenters. The van der Waals surface area contributed by atoms with E-state index in [4.69, 9.17) is 5.73 Å². The number of anilines is 1. The normalized spacial score (nSPS) is 14.6. The van der Waals surface area contributed by atoms with Crippen LogP contribution in [0.1, 0.15) is 12.8 Å². The maximum atomic E-state index is 11.2. The molecule has 0 aliphatic heterocycles. The van der Waals surface area contributed by atoms with Crippen molar-refractivity contribution in [3.63, 3.8) is 0 Å². The first-order chi connectivity index (χ1) is 7.66. The predicted octanol–water partition coefficient (Wildman–Crippen LogP) is 1.80. The summed E-state index contributed by atoms with van der Waals surface area (Å²) in [5.74, 6) is 1.25. The standard InChI is InChI=1S/C10H13IN4O/c11-8-2-1-5-13-9(8)14-15(10(12)16)6-7-3-4-7/h1-2,5,7H,3-4,6H2,(H2,12,16)(H,13,14). The Kier molecular flexibility index (Phi) is 3.47. The number of nitrogens with two attached hydrogens (primary N) is 1. The Labute approximate surface area is 108 Å². The number of halogens is 1. The average molecular weight is 332 g/mol. The van der Waals surface area contributed by atoms with Gasteiger partial charge in [0.2, 0.25) is 0 Å². The van der Waals surface area contributed by atoms with Gasteiger partial charge < -0.3 is 5.73 Å². The van der Waals surface area contributed by atoms with Crippen LogP contribution in [0.3, 0.4) is 0 Å². The van der Waals surface area contributed by atoms with Crippen molar-refractivity contribution < 1.29 is 4.79 Å². The van der Waals surface area contributed by atoms with Crippen LogP contribution in [0.15, 0.2) is 18.3 Å². The highest BCUT2D eigenvalue weighted by Crippen LogP contribution is 2.29. The van der Waals surface area contributed by atoms with E-state index in [0.717, 1.165) is 3.57 Å². The molecular formula is C10H13IN4O. The van der Waals surface area contributed by atoms with E-state index in [0.29, 0.717) is 18.3 Å². The largest absolute Gasteiger partial charge is 0.350 e. The number of rotatable bonds is 4. The number of carbonyl (C=O) groups is 1. The summed E-state index contributed by atoms with van der Waals surface area (Å²) in [5, 5.41) is 1.43. The molecule has 2 amide bonds. The van der Waals surface area contributed by atoms with E-state index in [1.807, 2.05) is 12.1 Å². The van der Waals surface area contributed by atoms with Gasteiger partial charge in [0.15, 0.2) is 5.82 Å². The minimum atomic E-state index is -0.464. The predicted molar refractivity (Wildman–Crippen MR) is 69.6 cm³/mol. The van der Waals surface area contributed by atoms with Crippen LogP contribution in [-0.4, -0.2) is 22.6 Å². The van der Waals surface area contributed by atoms with Gasteiger partial charge in [-0.15, -0.1) is 0 Å². The van der Waals surface area contributed by atoms with Crippen LogP contribution in [0.2, 0.25) is 0 Å². The summed E-state index contributed by atoms with van der Waals surface area (Å²) in [6.07, 6.45) is 4.02. The Morgan fingerprint density at radius 2 is 2.44 bits per heavy atom. The lowest BCUT2D eigenvalue weighted by Crippen LogP contribution is -2.42. The highest BCUT2D eigenvalue weighted by atomic mass is 127. The highest BCUT2D eigenvalue weighted by molar-refractivity contribution is 14.1. The smallest absolute Gasteiger partial charge is 0.333 e. The summed E-state index contributed by atoms with van der Waals surface area (Å²) >= 11 is 2.16. The lowest BCUT2D eigenvalue weighted by molar-refractivity contribution is 0.215. The first-order valence-electron chi connectivity index (χ1n) is 5.11. The Morgan fingerprint density at radius 1 is 1.69 bits per heavy atom. The van der Waals surface area contributed by atoms with Crippen molar-refractivity contribution in [3.05, 3.63) is 21.9 Å². The topological polar surface area (TPSA) is 71.2 Å². The molecule has 0 spiro atoms. The van der Waals surface area contributed by atoms with Gasteiger partial charge in [-0.05, 0) is 53.5 Å². The molecule has 2 rings (SSSR count). The van der Waals surface area contributed by atoms with E-state index in [1.54, 1.807) is 6.20 Å². The molecule has 1 fully saturated rings. The summed E-state index contributed by atoms with van der Waals surface area (Å²) in [7, 11) is 0. The van der Waals surface area contributed by atoms with Gasteiger partial charge in [0.1, 0.15) is 0 Å². The molecule has 1 heterocycles. The van der Waals surface area contributed by atoms with Crippen molar-refractivity contribution >= 4 is 34.4 Å². The van der Waals surface area contributed by atoms with Crippen LogP contribution in [0, 0.1) is 9.49 Å². The molecule has 5 nitrogen and oxygen atoms in total. The third-order valence-corrected chi connectivity index (χ3v) is 3.27. The van der Waals surface area contributed by atoms with Gasteiger partial charge in [0, 0.05) is 12.7 Å². The third-order valence-electron chi connectivity index (χ3n) is 2.40. The summed E-state index contributed by atoms with van der Waals surface area (Å²) in [6.45, 7) is 0.655. The van der Waals surface area contributed by atoms with Gasteiger partial charge in [0.25, 0.3) is 0 Å². The van der Waals surface area contributed by atoms with Crippen molar-refractivity contribution in [1.82, 2.24) is 9.99 Å². The van der Waals surface area contributed by atoms with Crippen LogP contribution in [0.4, 0.5) is 10.6 Å². The molecule has 0 radical (unpaired) electrons. The molecule has 6 heteroatoms. The Bertz CT molecular complexity index is 394. The minimum absolute atomic E-state index is 0.464.